The van der Waals surface area contributed by atoms with Gasteiger partial charge in [0.15, 0.2) is 9.84 Å². The molecule has 8 nitrogen and oxygen atoms in total. The quantitative estimate of drug-likeness (QED) is 0.732. The van der Waals surface area contributed by atoms with Gasteiger partial charge in [-0.05, 0) is 44.4 Å². The number of aromatic nitrogens is 1. The number of thiazole rings is 1. The van der Waals surface area contributed by atoms with Crippen molar-refractivity contribution in [3.05, 3.63) is 39.8 Å². The topological polar surface area (TPSA) is 114 Å². The van der Waals surface area contributed by atoms with Crippen molar-refractivity contribution in [2.75, 3.05) is 19.3 Å². The summed E-state index contributed by atoms with van der Waals surface area (Å²) in [6.45, 7) is 3.91. The van der Waals surface area contributed by atoms with E-state index in [9.17, 15) is 21.6 Å². The molecule has 0 atom stereocenters. The average molecular weight is 458 g/mol. The number of nitrogens with one attached hydrogen (secondary N) is 1. The predicted octanol–water partition coefficient (Wildman–Crippen LogP) is 1.75. The minimum atomic E-state index is -3.83. The normalized spacial score (nSPS) is 16.7. The Balaban J connectivity index is 1.72. The van der Waals surface area contributed by atoms with Crippen LogP contribution in [0.15, 0.2) is 33.5 Å². The number of sulfonamides is 1. The molecule has 158 valence electrons. The fourth-order valence-electron chi connectivity index (χ4n) is 3.24. The van der Waals surface area contributed by atoms with Gasteiger partial charge in [-0.1, -0.05) is 6.07 Å². The maximum absolute atomic E-state index is 13.1. The molecule has 1 N–H and O–H groups in total. The first-order chi connectivity index (χ1) is 13.5. The van der Waals surface area contributed by atoms with E-state index >= 15 is 0 Å². The number of sulfone groups is 1. The Morgan fingerprint density at radius 1 is 1.17 bits per heavy atom. The van der Waals surface area contributed by atoms with Gasteiger partial charge < -0.3 is 5.32 Å². The Bertz CT molecular complexity index is 1130. The summed E-state index contributed by atoms with van der Waals surface area (Å²) in [7, 11) is -7.34. The van der Waals surface area contributed by atoms with Gasteiger partial charge in [-0.15, -0.1) is 11.3 Å². The highest BCUT2D eigenvalue weighted by Gasteiger charge is 2.32. The Hall–Kier alpha value is -1.82. The first-order valence-corrected chi connectivity index (χ1v) is 13.2. The third-order valence-electron chi connectivity index (χ3n) is 4.95. The molecular formula is C18H23N3O5S3. The molecule has 1 fully saturated rings. The van der Waals surface area contributed by atoms with Crippen LogP contribution in [-0.2, 0) is 19.9 Å². The first kappa shape index (κ1) is 21.9. The lowest BCUT2D eigenvalue weighted by Gasteiger charge is -2.32. The zero-order valence-corrected chi connectivity index (χ0v) is 18.8. The van der Waals surface area contributed by atoms with Crippen LogP contribution in [0.2, 0.25) is 0 Å². The number of rotatable bonds is 5. The Morgan fingerprint density at radius 2 is 1.83 bits per heavy atom. The first-order valence-electron chi connectivity index (χ1n) is 9.02. The van der Waals surface area contributed by atoms with E-state index in [1.54, 1.807) is 19.4 Å². The summed E-state index contributed by atoms with van der Waals surface area (Å²) in [6.07, 6.45) is 2.01. The van der Waals surface area contributed by atoms with Gasteiger partial charge >= 0.3 is 0 Å². The van der Waals surface area contributed by atoms with E-state index in [1.807, 2.05) is 0 Å². The third kappa shape index (κ3) is 4.68. The second-order valence-electron chi connectivity index (χ2n) is 7.12. The van der Waals surface area contributed by atoms with Crippen molar-refractivity contribution >= 4 is 37.1 Å². The number of carbonyl (C=O) groups excluding carboxylic acids is 1. The molecule has 2 aromatic rings. The molecule has 0 saturated carbocycles. The van der Waals surface area contributed by atoms with E-state index in [4.69, 9.17) is 0 Å². The fourth-order valence-corrected chi connectivity index (χ4v) is 6.39. The lowest BCUT2D eigenvalue weighted by molar-refractivity contribution is 0.0927. The summed E-state index contributed by atoms with van der Waals surface area (Å²) in [6, 6.07) is 4.01. The van der Waals surface area contributed by atoms with Crippen LogP contribution in [0.25, 0.3) is 0 Å². The van der Waals surface area contributed by atoms with Gasteiger partial charge in [-0.2, -0.15) is 4.31 Å². The molecule has 1 aromatic carbocycles. The number of aryl methyl sites for hydroxylation is 2. The molecular weight excluding hydrogens is 434 g/mol. The molecule has 0 aliphatic carbocycles. The third-order valence-corrected chi connectivity index (χ3v) is 9.02. The largest absolute Gasteiger partial charge is 0.348 e. The van der Waals surface area contributed by atoms with Crippen LogP contribution >= 0.6 is 11.3 Å². The molecule has 0 radical (unpaired) electrons. The van der Waals surface area contributed by atoms with E-state index < -0.39 is 19.9 Å². The minimum Gasteiger partial charge on any atom is -0.348 e. The molecule has 1 amide bonds. The number of nitrogens with zero attached hydrogens (tertiary/aromatic N) is 2. The van der Waals surface area contributed by atoms with E-state index in [0.717, 1.165) is 6.26 Å². The molecule has 11 heteroatoms. The van der Waals surface area contributed by atoms with Crippen LogP contribution in [-0.4, -0.2) is 57.4 Å². The number of hydrogen-bond acceptors (Lipinski definition) is 7. The summed E-state index contributed by atoms with van der Waals surface area (Å²) >= 11 is 1.27. The van der Waals surface area contributed by atoms with Crippen molar-refractivity contribution in [1.29, 1.82) is 0 Å². The molecule has 29 heavy (non-hydrogen) atoms. The van der Waals surface area contributed by atoms with E-state index in [1.165, 1.54) is 33.8 Å². The smallest absolute Gasteiger partial charge is 0.263 e. The molecule has 2 heterocycles. The van der Waals surface area contributed by atoms with Crippen LogP contribution in [0.5, 0.6) is 0 Å². The number of hydrogen-bond donors (Lipinski definition) is 1. The van der Waals surface area contributed by atoms with Gasteiger partial charge in [0.1, 0.15) is 4.88 Å². The second-order valence-corrected chi connectivity index (χ2v) is 11.9. The maximum atomic E-state index is 13.1. The summed E-state index contributed by atoms with van der Waals surface area (Å²) in [5.74, 6) is -0.192. The standard InChI is InChI=1S/C18H23N3O5S3/c1-12-4-5-15(28(3,23)24)10-16(12)29(25,26)21-8-6-14(7-9-21)20-18(22)17-13(2)19-11-27-17/h4-5,10-11,14H,6-9H2,1-3H3,(H,20,22). The Morgan fingerprint density at radius 3 is 2.38 bits per heavy atom. The Kier molecular flexibility index (Phi) is 6.13. The van der Waals surface area contributed by atoms with Crippen LogP contribution < -0.4 is 5.32 Å². The molecule has 0 spiro atoms. The summed E-state index contributed by atoms with van der Waals surface area (Å²) in [4.78, 5) is 17.0. The van der Waals surface area contributed by atoms with Crippen molar-refractivity contribution in [1.82, 2.24) is 14.6 Å². The van der Waals surface area contributed by atoms with Gasteiger partial charge in [-0.25, -0.2) is 21.8 Å². The zero-order valence-electron chi connectivity index (χ0n) is 16.4. The highest BCUT2D eigenvalue weighted by Crippen LogP contribution is 2.26. The lowest BCUT2D eigenvalue weighted by atomic mass is 10.1. The maximum Gasteiger partial charge on any atom is 0.263 e. The monoisotopic (exact) mass is 457 g/mol. The highest BCUT2D eigenvalue weighted by atomic mass is 32.2. The van der Waals surface area contributed by atoms with Gasteiger partial charge in [0.25, 0.3) is 5.91 Å². The Labute approximate surface area is 174 Å². The van der Waals surface area contributed by atoms with Crippen LogP contribution in [0.1, 0.15) is 33.8 Å². The summed E-state index contributed by atoms with van der Waals surface area (Å²) in [5, 5.41) is 2.94. The second kappa shape index (κ2) is 8.13. The summed E-state index contributed by atoms with van der Waals surface area (Å²) in [5.41, 5.74) is 2.79. The van der Waals surface area contributed by atoms with E-state index in [-0.39, 0.29) is 34.8 Å². The molecule has 1 aromatic heterocycles. The minimum absolute atomic E-state index is 0.00296. The van der Waals surface area contributed by atoms with Crippen LogP contribution in [0.3, 0.4) is 0 Å². The van der Waals surface area contributed by atoms with Gasteiger partial charge in [0.2, 0.25) is 10.0 Å². The molecule has 1 saturated heterocycles. The molecule has 1 aliphatic heterocycles. The summed E-state index contributed by atoms with van der Waals surface area (Å²) < 4.78 is 51.1. The van der Waals surface area contributed by atoms with Crippen molar-refractivity contribution in [2.24, 2.45) is 0 Å². The van der Waals surface area contributed by atoms with E-state index in [2.05, 4.69) is 10.3 Å². The van der Waals surface area contributed by atoms with Gasteiger partial charge in [0.05, 0.1) is 21.0 Å². The van der Waals surface area contributed by atoms with Crippen molar-refractivity contribution < 1.29 is 21.6 Å². The predicted molar refractivity (Wildman–Crippen MR) is 110 cm³/mol. The number of benzene rings is 1. The zero-order chi connectivity index (χ0) is 21.4. The molecule has 1 aliphatic rings. The van der Waals surface area contributed by atoms with E-state index in [0.29, 0.717) is 29.0 Å². The lowest BCUT2D eigenvalue weighted by Crippen LogP contribution is -2.46. The van der Waals surface area contributed by atoms with Gasteiger partial charge in [0, 0.05) is 25.4 Å². The molecule has 0 bridgehead atoms. The number of piperidine rings is 1. The highest BCUT2D eigenvalue weighted by molar-refractivity contribution is 7.91. The van der Waals surface area contributed by atoms with Crippen molar-refractivity contribution in [3.8, 4) is 0 Å². The number of amides is 1. The number of carbonyl (C=O) groups is 1. The van der Waals surface area contributed by atoms with Crippen LogP contribution in [0.4, 0.5) is 0 Å². The molecule has 3 rings (SSSR count). The average Bonchev–Trinajstić information content (AvgIpc) is 3.07. The van der Waals surface area contributed by atoms with Crippen LogP contribution in [0, 0.1) is 13.8 Å². The van der Waals surface area contributed by atoms with Gasteiger partial charge in [-0.3, -0.25) is 4.79 Å². The van der Waals surface area contributed by atoms with Crippen molar-refractivity contribution in [2.45, 2.75) is 42.5 Å². The molecule has 0 unspecified atom stereocenters. The van der Waals surface area contributed by atoms with Crippen molar-refractivity contribution in [3.63, 3.8) is 0 Å². The SMILES string of the molecule is Cc1ccc(S(C)(=O)=O)cc1S(=O)(=O)N1CCC(NC(=O)c2scnc2C)CC1. The fraction of sp³-hybridized carbons (Fsp3) is 0.444.